The molecule has 2 aromatic rings. The fourth-order valence-electron chi connectivity index (χ4n) is 3.13. The van der Waals surface area contributed by atoms with E-state index in [0.29, 0.717) is 24.6 Å². The lowest BCUT2D eigenvalue weighted by molar-refractivity contribution is -0.123. The van der Waals surface area contributed by atoms with E-state index in [-0.39, 0.29) is 41.9 Å². The van der Waals surface area contributed by atoms with E-state index in [1.807, 2.05) is 38.1 Å². The normalized spacial score (nSPS) is 11.2. The zero-order valence-corrected chi connectivity index (χ0v) is 22.6. The number of carbonyl (C=O) groups is 1. The summed E-state index contributed by atoms with van der Waals surface area (Å²) in [7, 11) is 1.58. The number of rotatable bonds is 11. The maximum atomic E-state index is 11.6. The smallest absolute Gasteiger partial charge is 0.257 e. The van der Waals surface area contributed by atoms with E-state index in [1.54, 1.807) is 7.11 Å². The van der Waals surface area contributed by atoms with Crippen LogP contribution in [-0.4, -0.2) is 45.2 Å². The maximum Gasteiger partial charge on any atom is 0.257 e. The van der Waals surface area contributed by atoms with E-state index < -0.39 is 0 Å². The maximum absolute atomic E-state index is 11.6. The lowest BCUT2D eigenvalue weighted by Gasteiger charge is -2.26. The minimum Gasteiger partial charge on any atom is -0.493 e. The average molecular weight is 569 g/mol. The number of carbonyl (C=O) groups excluding carboxylic acids is 1. The topological polar surface area (TPSA) is 84.0 Å². The van der Waals surface area contributed by atoms with Crippen molar-refractivity contribution in [3.63, 3.8) is 0 Å². The molecule has 1 amide bonds. The summed E-state index contributed by atoms with van der Waals surface area (Å²) in [5.41, 5.74) is 2.21. The van der Waals surface area contributed by atoms with Gasteiger partial charge in [0.05, 0.1) is 13.7 Å². The van der Waals surface area contributed by atoms with Gasteiger partial charge in [-0.05, 0) is 37.1 Å². The van der Waals surface area contributed by atoms with Crippen LogP contribution in [0.5, 0.6) is 11.5 Å². The van der Waals surface area contributed by atoms with E-state index in [0.717, 1.165) is 24.6 Å². The van der Waals surface area contributed by atoms with Gasteiger partial charge < -0.3 is 25.4 Å². The molecule has 0 unspecified atom stereocenters. The van der Waals surface area contributed by atoms with E-state index in [4.69, 9.17) is 14.5 Å². The summed E-state index contributed by atoms with van der Waals surface area (Å²) >= 11 is 0. The predicted molar refractivity (Wildman–Crippen MR) is 145 cm³/mol. The van der Waals surface area contributed by atoms with Crippen LogP contribution in [0, 0.1) is 0 Å². The average Bonchev–Trinajstić information content (AvgIpc) is 2.80. The first-order valence-corrected chi connectivity index (χ1v) is 11.0. The van der Waals surface area contributed by atoms with E-state index >= 15 is 0 Å². The standard InChI is InChI=1S/C25H36N4O3.HI/c1-6-26-23(30)17-32-21-14-13-19(15-22(21)31-5)16-28-24(27-7-2)29-18-25(3,4)20-11-9-8-10-12-20;/h8-15H,6-7,16-18H2,1-5H3,(H,26,30)(H2,27,28,29);1H. The summed E-state index contributed by atoms with van der Waals surface area (Å²) < 4.78 is 11.0. The Labute approximate surface area is 214 Å². The third-order valence-electron chi connectivity index (χ3n) is 4.98. The fourth-order valence-corrected chi connectivity index (χ4v) is 3.13. The quantitative estimate of drug-likeness (QED) is 0.218. The van der Waals surface area contributed by atoms with Gasteiger partial charge in [-0.1, -0.05) is 50.2 Å². The SMILES string of the molecule is CCNC(=O)COc1ccc(CN=C(NCC)NCC(C)(C)c2ccccc2)cc1OC.I. The Morgan fingerprint density at radius 3 is 2.30 bits per heavy atom. The summed E-state index contributed by atoms with van der Waals surface area (Å²) in [6.45, 7) is 10.9. The number of aliphatic imine (C=N–C) groups is 1. The molecule has 0 radical (unpaired) electrons. The molecule has 3 N–H and O–H groups in total. The second-order valence-electron chi connectivity index (χ2n) is 8.03. The van der Waals surface area contributed by atoms with Gasteiger partial charge in [0, 0.05) is 25.0 Å². The number of nitrogens with zero attached hydrogens (tertiary/aromatic N) is 1. The number of amides is 1. The van der Waals surface area contributed by atoms with Gasteiger partial charge in [-0.25, -0.2) is 4.99 Å². The highest BCUT2D eigenvalue weighted by Crippen LogP contribution is 2.28. The first kappa shape index (κ1) is 28.5. The van der Waals surface area contributed by atoms with Crippen LogP contribution >= 0.6 is 24.0 Å². The molecule has 0 bridgehead atoms. The summed E-state index contributed by atoms with van der Waals surface area (Å²) in [5.74, 6) is 1.70. The Morgan fingerprint density at radius 1 is 0.970 bits per heavy atom. The third kappa shape index (κ3) is 9.49. The molecular formula is C25H37IN4O3. The van der Waals surface area contributed by atoms with Crippen molar-refractivity contribution in [1.29, 1.82) is 0 Å². The summed E-state index contributed by atoms with van der Waals surface area (Å²) in [5, 5.41) is 9.46. The van der Waals surface area contributed by atoms with Gasteiger partial charge in [-0.15, -0.1) is 24.0 Å². The van der Waals surface area contributed by atoms with Crippen LogP contribution in [-0.2, 0) is 16.8 Å². The van der Waals surface area contributed by atoms with Gasteiger partial charge in [0.2, 0.25) is 0 Å². The number of hydrogen-bond acceptors (Lipinski definition) is 4. The number of methoxy groups -OCH3 is 1. The molecule has 0 saturated heterocycles. The number of hydrogen-bond donors (Lipinski definition) is 3. The van der Waals surface area contributed by atoms with Gasteiger partial charge >= 0.3 is 0 Å². The zero-order chi connectivity index (χ0) is 23.4. The number of ether oxygens (including phenoxy) is 2. The largest absolute Gasteiger partial charge is 0.493 e. The number of likely N-dealkylation sites (N-methyl/N-ethyl adjacent to an activating group) is 1. The molecule has 0 aliphatic rings. The predicted octanol–water partition coefficient (Wildman–Crippen LogP) is 3.86. The molecule has 33 heavy (non-hydrogen) atoms. The Bertz CT molecular complexity index is 888. The summed E-state index contributed by atoms with van der Waals surface area (Å²) in [6.07, 6.45) is 0. The highest BCUT2D eigenvalue weighted by atomic mass is 127. The molecule has 2 rings (SSSR count). The second-order valence-corrected chi connectivity index (χ2v) is 8.03. The third-order valence-corrected chi connectivity index (χ3v) is 4.98. The number of halogens is 1. The Hall–Kier alpha value is -2.49. The fraction of sp³-hybridized carbons (Fsp3) is 0.440. The van der Waals surface area contributed by atoms with Gasteiger partial charge in [-0.3, -0.25) is 4.79 Å². The molecule has 0 fully saturated rings. The monoisotopic (exact) mass is 568 g/mol. The van der Waals surface area contributed by atoms with E-state index in [9.17, 15) is 4.79 Å². The first-order chi connectivity index (χ1) is 15.4. The molecule has 0 aliphatic heterocycles. The minimum atomic E-state index is -0.164. The number of nitrogens with one attached hydrogen (secondary N) is 3. The van der Waals surface area contributed by atoms with Crippen molar-refractivity contribution >= 4 is 35.8 Å². The van der Waals surface area contributed by atoms with Gasteiger partial charge in [0.15, 0.2) is 24.1 Å². The molecule has 0 aliphatic carbocycles. The Kier molecular flexibility index (Phi) is 12.6. The minimum absolute atomic E-state index is 0. The number of guanidine groups is 1. The van der Waals surface area contributed by atoms with Crippen LogP contribution in [0.1, 0.15) is 38.8 Å². The molecule has 8 heteroatoms. The van der Waals surface area contributed by atoms with Crippen LogP contribution in [0.4, 0.5) is 0 Å². The van der Waals surface area contributed by atoms with Crippen LogP contribution < -0.4 is 25.4 Å². The lowest BCUT2D eigenvalue weighted by atomic mass is 9.85. The molecule has 0 heterocycles. The van der Waals surface area contributed by atoms with Gasteiger partial charge in [0.25, 0.3) is 5.91 Å². The van der Waals surface area contributed by atoms with Gasteiger partial charge in [-0.2, -0.15) is 0 Å². The molecule has 2 aromatic carbocycles. The van der Waals surface area contributed by atoms with Crippen LogP contribution in [0.2, 0.25) is 0 Å². The molecule has 7 nitrogen and oxygen atoms in total. The molecule has 0 spiro atoms. The van der Waals surface area contributed by atoms with Crippen LogP contribution in [0.25, 0.3) is 0 Å². The van der Waals surface area contributed by atoms with Crippen molar-refractivity contribution in [2.24, 2.45) is 4.99 Å². The highest BCUT2D eigenvalue weighted by molar-refractivity contribution is 14.0. The molecule has 0 aromatic heterocycles. The molecule has 0 saturated carbocycles. The number of benzene rings is 2. The van der Waals surface area contributed by atoms with Crippen molar-refractivity contribution < 1.29 is 14.3 Å². The van der Waals surface area contributed by atoms with Crippen molar-refractivity contribution in [3.8, 4) is 11.5 Å². The highest BCUT2D eigenvalue weighted by Gasteiger charge is 2.20. The van der Waals surface area contributed by atoms with E-state index in [1.165, 1.54) is 5.56 Å². The summed E-state index contributed by atoms with van der Waals surface area (Å²) in [4.78, 5) is 16.4. The van der Waals surface area contributed by atoms with E-state index in [2.05, 4.69) is 54.1 Å². The second kappa shape index (κ2) is 14.6. The summed E-state index contributed by atoms with van der Waals surface area (Å²) in [6, 6.07) is 16.1. The zero-order valence-electron chi connectivity index (χ0n) is 20.2. The lowest BCUT2D eigenvalue weighted by Crippen LogP contribution is -2.43. The molecule has 182 valence electrons. The van der Waals surface area contributed by atoms with Gasteiger partial charge in [0.1, 0.15) is 0 Å². The van der Waals surface area contributed by atoms with Crippen LogP contribution in [0.15, 0.2) is 53.5 Å². The Morgan fingerprint density at radius 2 is 1.67 bits per heavy atom. The van der Waals surface area contributed by atoms with Crippen molar-refractivity contribution in [2.75, 3.05) is 33.4 Å². The molecular weight excluding hydrogens is 531 g/mol. The van der Waals surface area contributed by atoms with Crippen molar-refractivity contribution in [2.45, 2.75) is 39.7 Å². The Balaban J connectivity index is 0.00000544. The van der Waals surface area contributed by atoms with Crippen molar-refractivity contribution in [1.82, 2.24) is 16.0 Å². The van der Waals surface area contributed by atoms with Crippen molar-refractivity contribution in [3.05, 3.63) is 59.7 Å². The first-order valence-electron chi connectivity index (χ1n) is 11.0. The van der Waals surface area contributed by atoms with Crippen LogP contribution in [0.3, 0.4) is 0 Å². The molecule has 0 atom stereocenters.